The molecule has 0 amide bonds. The van der Waals surface area contributed by atoms with E-state index >= 15 is 0 Å². The third-order valence-corrected chi connectivity index (χ3v) is 6.00. The van der Waals surface area contributed by atoms with E-state index in [0.717, 1.165) is 16.9 Å². The van der Waals surface area contributed by atoms with Crippen LogP contribution in [0.5, 0.6) is 5.75 Å². The first kappa shape index (κ1) is 19.0. The van der Waals surface area contributed by atoms with Crippen LogP contribution < -0.4 is 9.46 Å². The summed E-state index contributed by atoms with van der Waals surface area (Å²) in [6.07, 6.45) is 0. The normalized spacial score (nSPS) is 11.4. The summed E-state index contributed by atoms with van der Waals surface area (Å²) in [5.41, 5.74) is 4.09. The predicted molar refractivity (Wildman–Crippen MR) is 106 cm³/mol. The van der Waals surface area contributed by atoms with Gasteiger partial charge in [0, 0.05) is 0 Å². The first-order valence-corrected chi connectivity index (χ1v) is 10.0. The molecule has 0 fully saturated rings. The molecule has 0 atom stereocenters. The Balaban J connectivity index is 2.03. The Morgan fingerprint density at radius 3 is 2.30 bits per heavy atom. The minimum Gasteiger partial charge on any atom is -0.496 e. The highest BCUT2D eigenvalue weighted by Gasteiger charge is 2.23. The number of para-hydroxylation sites is 1. The number of hydrogen-bond acceptors (Lipinski definition) is 4. The molecule has 0 aliphatic heterocycles. The zero-order chi connectivity index (χ0) is 19.8. The van der Waals surface area contributed by atoms with Crippen molar-refractivity contribution >= 4 is 15.7 Å². The summed E-state index contributed by atoms with van der Waals surface area (Å²) in [7, 11) is -2.20. The second-order valence-electron chi connectivity index (χ2n) is 6.49. The lowest BCUT2D eigenvalue weighted by atomic mass is 10.1. The van der Waals surface area contributed by atoms with E-state index in [1.165, 1.54) is 0 Å². The highest BCUT2D eigenvalue weighted by molar-refractivity contribution is 7.92. The van der Waals surface area contributed by atoms with Crippen molar-refractivity contribution in [2.24, 2.45) is 0 Å². The van der Waals surface area contributed by atoms with Crippen molar-refractivity contribution in [1.82, 2.24) is 9.78 Å². The molecular weight excluding hydrogens is 362 g/mol. The first-order chi connectivity index (χ1) is 12.7. The molecule has 27 heavy (non-hydrogen) atoms. The van der Waals surface area contributed by atoms with Crippen molar-refractivity contribution in [3.8, 4) is 11.4 Å². The second-order valence-corrected chi connectivity index (χ2v) is 8.14. The zero-order valence-corrected chi connectivity index (χ0v) is 16.9. The summed E-state index contributed by atoms with van der Waals surface area (Å²) in [6, 6.07) is 13.0. The fraction of sp³-hybridized carbons (Fsp3) is 0.250. The minimum absolute atomic E-state index is 0.229. The van der Waals surface area contributed by atoms with E-state index in [0.29, 0.717) is 22.7 Å². The van der Waals surface area contributed by atoms with Crippen molar-refractivity contribution in [2.75, 3.05) is 11.8 Å². The molecule has 3 aromatic rings. The van der Waals surface area contributed by atoms with Crippen LogP contribution in [0.3, 0.4) is 0 Å². The lowest BCUT2D eigenvalue weighted by Crippen LogP contribution is -2.16. The number of methoxy groups -OCH3 is 1. The monoisotopic (exact) mass is 385 g/mol. The molecule has 0 unspecified atom stereocenters. The van der Waals surface area contributed by atoms with E-state index < -0.39 is 10.0 Å². The van der Waals surface area contributed by atoms with Gasteiger partial charge in [0.2, 0.25) is 0 Å². The third-order valence-electron chi connectivity index (χ3n) is 4.51. The number of aryl methyl sites for hydroxylation is 3. The molecule has 0 saturated heterocycles. The van der Waals surface area contributed by atoms with Gasteiger partial charge in [0.1, 0.15) is 5.75 Å². The molecule has 0 aliphatic carbocycles. The third kappa shape index (κ3) is 3.55. The summed E-state index contributed by atoms with van der Waals surface area (Å²) in [6.45, 7) is 7.21. The fourth-order valence-electron chi connectivity index (χ4n) is 3.07. The van der Waals surface area contributed by atoms with Gasteiger partial charge in [-0.25, -0.2) is 13.1 Å². The van der Waals surface area contributed by atoms with E-state index in [1.54, 1.807) is 37.8 Å². The number of anilines is 1. The summed E-state index contributed by atoms with van der Waals surface area (Å²) in [4.78, 5) is 0.229. The summed E-state index contributed by atoms with van der Waals surface area (Å²) in [5, 5.41) is 4.50. The highest BCUT2D eigenvalue weighted by atomic mass is 32.2. The van der Waals surface area contributed by atoms with Crippen LogP contribution in [0.15, 0.2) is 47.4 Å². The first-order valence-electron chi connectivity index (χ1n) is 8.54. The van der Waals surface area contributed by atoms with Crippen LogP contribution >= 0.6 is 0 Å². The van der Waals surface area contributed by atoms with Gasteiger partial charge in [-0.3, -0.25) is 4.72 Å². The van der Waals surface area contributed by atoms with Crippen molar-refractivity contribution in [3.63, 3.8) is 0 Å². The molecule has 7 heteroatoms. The zero-order valence-electron chi connectivity index (χ0n) is 16.1. The van der Waals surface area contributed by atoms with Gasteiger partial charge in [-0.05, 0) is 63.1 Å². The molecule has 2 aromatic carbocycles. The maximum absolute atomic E-state index is 13.0. The minimum atomic E-state index is -3.76. The maximum Gasteiger partial charge on any atom is 0.262 e. The van der Waals surface area contributed by atoms with Crippen molar-refractivity contribution in [1.29, 1.82) is 0 Å². The van der Waals surface area contributed by atoms with Gasteiger partial charge in [-0.15, -0.1) is 0 Å². The fourth-order valence-corrected chi connectivity index (χ4v) is 4.56. The van der Waals surface area contributed by atoms with Crippen LogP contribution in [0.2, 0.25) is 0 Å². The number of nitrogens with one attached hydrogen (secondary N) is 1. The van der Waals surface area contributed by atoms with Crippen molar-refractivity contribution in [3.05, 3.63) is 65.0 Å². The van der Waals surface area contributed by atoms with Crippen LogP contribution in [0.1, 0.15) is 22.5 Å². The SMILES string of the molecule is COc1cc(C)c(S(=O)(=O)Nc2c(C)nn(-c3ccccc3)c2C)cc1C. The Morgan fingerprint density at radius 2 is 1.67 bits per heavy atom. The molecule has 1 heterocycles. The van der Waals surface area contributed by atoms with E-state index in [9.17, 15) is 8.42 Å². The number of benzene rings is 2. The molecule has 0 bridgehead atoms. The Hall–Kier alpha value is -2.80. The Morgan fingerprint density at radius 1 is 1.00 bits per heavy atom. The average molecular weight is 385 g/mol. The van der Waals surface area contributed by atoms with Crippen molar-refractivity contribution in [2.45, 2.75) is 32.6 Å². The van der Waals surface area contributed by atoms with Gasteiger partial charge in [0.15, 0.2) is 0 Å². The number of aromatic nitrogens is 2. The number of ether oxygens (including phenoxy) is 1. The molecular formula is C20H23N3O3S. The molecule has 1 aromatic heterocycles. The van der Waals surface area contributed by atoms with Gasteiger partial charge < -0.3 is 4.74 Å². The molecule has 6 nitrogen and oxygen atoms in total. The Bertz CT molecular complexity index is 1090. The molecule has 0 radical (unpaired) electrons. The summed E-state index contributed by atoms with van der Waals surface area (Å²) < 4.78 is 35.8. The van der Waals surface area contributed by atoms with Crippen LogP contribution in [-0.4, -0.2) is 25.3 Å². The molecule has 0 spiro atoms. The largest absolute Gasteiger partial charge is 0.496 e. The summed E-state index contributed by atoms with van der Waals surface area (Å²) >= 11 is 0. The van der Waals surface area contributed by atoms with Crippen molar-refractivity contribution < 1.29 is 13.2 Å². The maximum atomic E-state index is 13.0. The molecule has 3 rings (SSSR count). The van der Waals surface area contributed by atoms with Gasteiger partial charge in [0.25, 0.3) is 10.0 Å². The Kier molecular flexibility index (Phi) is 4.97. The number of rotatable bonds is 5. The van der Waals surface area contributed by atoms with Crippen LogP contribution in [0.4, 0.5) is 5.69 Å². The lowest BCUT2D eigenvalue weighted by Gasteiger charge is -2.14. The number of sulfonamides is 1. The topological polar surface area (TPSA) is 73.2 Å². The lowest BCUT2D eigenvalue weighted by molar-refractivity contribution is 0.411. The van der Waals surface area contributed by atoms with Gasteiger partial charge in [-0.1, -0.05) is 18.2 Å². The molecule has 0 aliphatic rings. The smallest absolute Gasteiger partial charge is 0.262 e. The molecule has 0 saturated carbocycles. The van der Waals surface area contributed by atoms with E-state index in [1.807, 2.05) is 44.2 Å². The van der Waals surface area contributed by atoms with E-state index in [-0.39, 0.29) is 4.90 Å². The summed E-state index contributed by atoms with van der Waals surface area (Å²) in [5.74, 6) is 0.663. The standard InChI is InChI=1S/C20H23N3O3S/c1-13-12-19(14(2)11-18(13)26-5)27(24,25)22-20-15(3)21-23(16(20)4)17-9-7-6-8-10-17/h6-12,22H,1-5H3. The average Bonchev–Trinajstić information content (AvgIpc) is 2.91. The van der Waals surface area contributed by atoms with E-state index in [2.05, 4.69) is 9.82 Å². The van der Waals surface area contributed by atoms with Crippen LogP contribution in [0.25, 0.3) is 5.69 Å². The molecule has 142 valence electrons. The number of nitrogens with zero attached hydrogens (tertiary/aromatic N) is 2. The Labute approximate surface area is 159 Å². The van der Waals surface area contributed by atoms with Gasteiger partial charge in [0.05, 0.1) is 34.8 Å². The second kappa shape index (κ2) is 7.08. The predicted octanol–water partition coefficient (Wildman–Crippen LogP) is 3.92. The van der Waals surface area contributed by atoms with Gasteiger partial charge in [-0.2, -0.15) is 5.10 Å². The van der Waals surface area contributed by atoms with E-state index in [4.69, 9.17) is 4.74 Å². The number of hydrogen-bond donors (Lipinski definition) is 1. The van der Waals surface area contributed by atoms with Gasteiger partial charge >= 0.3 is 0 Å². The highest BCUT2D eigenvalue weighted by Crippen LogP contribution is 2.29. The van der Waals surface area contributed by atoms with Crippen LogP contribution in [-0.2, 0) is 10.0 Å². The van der Waals surface area contributed by atoms with Crippen LogP contribution in [0, 0.1) is 27.7 Å². The molecule has 1 N–H and O–H groups in total. The quantitative estimate of drug-likeness (QED) is 0.723.